The number of benzene rings is 2. The molecule has 1 nitrogen and oxygen atoms in total. The molecule has 1 aliphatic heterocycles. The number of hydrogen-bond acceptors (Lipinski definition) is 1. The predicted octanol–water partition coefficient (Wildman–Crippen LogP) is 6.09. The maximum atomic E-state index is 6.10. The fraction of sp³-hybridized carbons (Fsp3) is 0.333. The molecule has 1 aliphatic carbocycles. The number of rotatable bonds is 0. The molecule has 2 aromatic carbocycles. The average molecular weight is 292 g/mol. The molecule has 0 amide bonds. The van der Waals surface area contributed by atoms with E-state index in [-0.39, 0.29) is 10.8 Å². The Balaban J connectivity index is 0.000000693. The Kier molecular flexibility index (Phi) is 3.60. The molecular formula is C21H24O. The van der Waals surface area contributed by atoms with Crippen molar-refractivity contribution in [3.63, 3.8) is 0 Å². The van der Waals surface area contributed by atoms with Gasteiger partial charge in [-0.05, 0) is 24.0 Å². The van der Waals surface area contributed by atoms with Gasteiger partial charge in [0, 0.05) is 16.5 Å². The first kappa shape index (κ1) is 14.9. The molecule has 0 fully saturated rings. The molecule has 4 rings (SSSR count). The van der Waals surface area contributed by atoms with Crippen molar-refractivity contribution in [2.24, 2.45) is 5.41 Å². The fourth-order valence-corrected chi connectivity index (χ4v) is 3.69. The molecule has 114 valence electrons. The minimum atomic E-state index is -0.0328. The molecule has 0 aromatic heterocycles. The molecule has 1 heteroatoms. The summed E-state index contributed by atoms with van der Waals surface area (Å²) < 4.78 is 6.10. The van der Waals surface area contributed by atoms with Crippen LogP contribution in [-0.4, -0.2) is 0 Å². The van der Waals surface area contributed by atoms with Crippen molar-refractivity contribution >= 4 is 0 Å². The lowest BCUT2D eigenvalue weighted by atomic mass is 9.69. The largest absolute Gasteiger partial charge is 0.457 e. The average Bonchev–Trinajstić information content (AvgIpc) is 2.87. The van der Waals surface area contributed by atoms with E-state index in [9.17, 15) is 0 Å². The van der Waals surface area contributed by atoms with Gasteiger partial charge in [0.1, 0.15) is 11.5 Å². The molecule has 2 aromatic rings. The predicted molar refractivity (Wildman–Crippen MR) is 92.6 cm³/mol. The lowest BCUT2D eigenvalue weighted by molar-refractivity contribution is 0.362. The topological polar surface area (TPSA) is 9.23 Å². The summed E-state index contributed by atoms with van der Waals surface area (Å²) in [6, 6.07) is 16.9. The second-order valence-electron chi connectivity index (χ2n) is 6.56. The van der Waals surface area contributed by atoms with Crippen molar-refractivity contribution in [1.29, 1.82) is 0 Å². The Labute approximate surface area is 133 Å². The Morgan fingerprint density at radius 1 is 0.773 bits per heavy atom. The summed E-state index contributed by atoms with van der Waals surface area (Å²) in [5, 5.41) is 0. The van der Waals surface area contributed by atoms with Gasteiger partial charge in [0.2, 0.25) is 0 Å². The summed E-state index contributed by atoms with van der Waals surface area (Å²) in [6.45, 7) is 8.61. The zero-order chi connectivity index (χ0) is 15.8. The molecule has 0 N–H and O–H groups in total. The summed E-state index contributed by atoms with van der Waals surface area (Å²) in [5.74, 6) is 1.99. The van der Waals surface area contributed by atoms with E-state index in [4.69, 9.17) is 4.74 Å². The second-order valence-corrected chi connectivity index (χ2v) is 6.56. The minimum Gasteiger partial charge on any atom is -0.457 e. The number of fused-ring (bicyclic) bond motifs is 4. The van der Waals surface area contributed by atoms with Crippen LogP contribution >= 0.6 is 0 Å². The third kappa shape index (κ3) is 2.16. The van der Waals surface area contributed by atoms with Gasteiger partial charge in [-0.15, -0.1) is 0 Å². The summed E-state index contributed by atoms with van der Waals surface area (Å²) in [6.07, 6.45) is 5.83. The number of ether oxygens (including phenoxy) is 1. The molecule has 0 bridgehead atoms. The van der Waals surface area contributed by atoms with Gasteiger partial charge in [-0.3, -0.25) is 0 Å². The molecule has 0 saturated carbocycles. The SMILES string of the molecule is CC.CC1(C)C=CC2(C1)c1ccccc1Oc1ccccc12. The molecule has 1 heterocycles. The van der Waals surface area contributed by atoms with E-state index in [0.717, 1.165) is 17.9 Å². The van der Waals surface area contributed by atoms with Crippen molar-refractivity contribution in [3.8, 4) is 11.5 Å². The Morgan fingerprint density at radius 3 is 1.73 bits per heavy atom. The highest BCUT2D eigenvalue weighted by Gasteiger charge is 2.46. The minimum absolute atomic E-state index is 0.0328. The summed E-state index contributed by atoms with van der Waals surface area (Å²) in [5.41, 5.74) is 2.77. The van der Waals surface area contributed by atoms with Crippen LogP contribution in [0, 0.1) is 5.41 Å². The maximum Gasteiger partial charge on any atom is 0.131 e. The molecule has 0 saturated heterocycles. The molecule has 0 unspecified atom stereocenters. The Morgan fingerprint density at radius 2 is 1.27 bits per heavy atom. The summed E-state index contributed by atoms with van der Waals surface area (Å²) in [4.78, 5) is 0. The Bertz CT molecular complexity index is 664. The van der Waals surface area contributed by atoms with Gasteiger partial charge in [0.05, 0.1) is 0 Å². The van der Waals surface area contributed by atoms with Gasteiger partial charge >= 0.3 is 0 Å². The lowest BCUT2D eigenvalue weighted by Gasteiger charge is -2.38. The van der Waals surface area contributed by atoms with Crippen LogP contribution in [0.4, 0.5) is 0 Å². The van der Waals surface area contributed by atoms with Crippen LogP contribution < -0.4 is 4.74 Å². The third-order valence-corrected chi connectivity index (χ3v) is 4.51. The van der Waals surface area contributed by atoms with Gasteiger partial charge < -0.3 is 4.74 Å². The molecule has 0 atom stereocenters. The number of para-hydroxylation sites is 2. The van der Waals surface area contributed by atoms with Crippen molar-refractivity contribution in [2.45, 2.75) is 39.5 Å². The van der Waals surface area contributed by atoms with E-state index >= 15 is 0 Å². The summed E-state index contributed by atoms with van der Waals surface area (Å²) >= 11 is 0. The highest BCUT2D eigenvalue weighted by molar-refractivity contribution is 5.61. The van der Waals surface area contributed by atoms with E-state index in [2.05, 4.69) is 62.4 Å². The van der Waals surface area contributed by atoms with Gasteiger partial charge in [-0.25, -0.2) is 0 Å². The van der Waals surface area contributed by atoms with E-state index in [0.29, 0.717) is 0 Å². The quantitative estimate of drug-likeness (QED) is 0.534. The van der Waals surface area contributed by atoms with Crippen LogP contribution in [0.15, 0.2) is 60.7 Å². The molecule has 1 spiro atoms. The number of hydrogen-bond donors (Lipinski definition) is 0. The van der Waals surface area contributed by atoms with Crippen molar-refractivity contribution < 1.29 is 4.74 Å². The van der Waals surface area contributed by atoms with Crippen LogP contribution in [0.2, 0.25) is 0 Å². The van der Waals surface area contributed by atoms with Gasteiger partial charge in [0.25, 0.3) is 0 Å². The zero-order valence-electron chi connectivity index (χ0n) is 13.9. The normalized spacial score (nSPS) is 18.7. The fourth-order valence-electron chi connectivity index (χ4n) is 3.69. The monoisotopic (exact) mass is 292 g/mol. The third-order valence-electron chi connectivity index (χ3n) is 4.51. The smallest absolute Gasteiger partial charge is 0.131 e. The van der Waals surface area contributed by atoms with Crippen molar-refractivity contribution in [3.05, 3.63) is 71.8 Å². The molecule has 0 radical (unpaired) electrons. The first-order valence-electron chi connectivity index (χ1n) is 8.18. The second kappa shape index (κ2) is 5.31. The molecule has 22 heavy (non-hydrogen) atoms. The van der Waals surface area contributed by atoms with E-state index in [1.165, 1.54) is 11.1 Å². The van der Waals surface area contributed by atoms with E-state index < -0.39 is 0 Å². The highest BCUT2D eigenvalue weighted by atomic mass is 16.5. The van der Waals surface area contributed by atoms with Gasteiger partial charge in [-0.2, -0.15) is 0 Å². The van der Waals surface area contributed by atoms with Crippen LogP contribution in [0.3, 0.4) is 0 Å². The van der Waals surface area contributed by atoms with E-state index in [1.54, 1.807) is 0 Å². The first-order valence-corrected chi connectivity index (χ1v) is 8.18. The molecule has 2 aliphatic rings. The Hall–Kier alpha value is -2.02. The van der Waals surface area contributed by atoms with Gasteiger partial charge in [0.15, 0.2) is 0 Å². The van der Waals surface area contributed by atoms with Crippen LogP contribution in [0.25, 0.3) is 0 Å². The lowest BCUT2D eigenvalue weighted by Crippen LogP contribution is -2.29. The van der Waals surface area contributed by atoms with Crippen molar-refractivity contribution in [1.82, 2.24) is 0 Å². The molecular weight excluding hydrogens is 268 g/mol. The zero-order valence-corrected chi connectivity index (χ0v) is 13.9. The van der Waals surface area contributed by atoms with Crippen molar-refractivity contribution in [2.75, 3.05) is 0 Å². The van der Waals surface area contributed by atoms with E-state index in [1.807, 2.05) is 26.0 Å². The van der Waals surface area contributed by atoms with Gasteiger partial charge in [-0.1, -0.05) is 76.2 Å². The highest BCUT2D eigenvalue weighted by Crippen LogP contribution is 2.56. The van der Waals surface area contributed by atoms with Crippen LogP contribution in [0.5, 0.6) is 11.5 Å². The van der Waals surface area contributed by atoms with Crippen LogP contribution in [0.1, 0.15) is 45.2 Å². The maximum absolute atomic E-state index is 6.10. The standard InChI is InChI=1S/C19H18O.C2H6/c1-18(2)11-12-19(13-18)14-7-3-5-9-16(14)20-17-10-6-4-8-15(17)19;1-2/h3-12H,13H2,1-2H3;1-2H3. The van der Waals surface area contributed by atoms with Crippen LogP contribution in [-0.2, 0) is 5.41 Å². The first-order chi connectivity index (χ1) is 10.6. The summed E-state index contributed by atoms with van der Waals surface area (Å²) in [7, 11) is 0. The number of allylic oxidation sites excluding steroid dienone is 2.